The van der Waals surface area contributed by atoms with E-state index in [0.29, 0.717) is 6.42 Å². The Morgan fingerprint density at radius 2 is 1.77 bits per heavy atom. The number of carboxylic acids is 1. The molecule has 1 unspecified atom stereocenters. The zero-order chi connectivity index (χ0) is 23.1. The van der Waals surface area contributed by atoms with Gasteiger partial charge < -0.3 is 14.7 Å². The molecule has 172 valence electrons. The summed E-state index contributed by atoms with van der Waals surface area (Å²) in [5, 5.41) is 7.12. The van der Waals surface area contributed by atoms with Crippen molar-refractivity contribution in [2.24, 2.45) is 0 Å². The third kappa shape index (κ3) is 6.72. The fourth-order valence-corrected chi connectivity index (χ4v) is 4.25. The van der Waals surface area contributed by atoms with Gasteiger partial charge in [0.1, 0.15) is 5.75 Å². The van der Waals surface area contributed by atoms with Crippen molar-refractivity contribution >= 4 is 11.9 Å². The van der Waals surface area contributed by atoms with Crippen LogP contribution in [-0.2, 0) is 16.0 Å². The number of carboxylic acid groups (broad SMARTS) is 1. The quantitative estimate of drug-likeness (QED) is 0.707. The highest BCUT2D eigenvalue weighted by molar-refractivity contribution is 5.79. The van der Waals surface area contributed by atoms with Crippen molar-refractivity contribution < 1.29 is 32.6 Å². The maximum absolute atomic E-state index is 12.8. The average Bonchev–Trinajstić information content (AvgIpc) is 3.10. The molecule has 0 bridgehead atoms. The highest BCUT2D eigenvalue weighted by Gasteiger charge is 2.44. The first kappa shape index (κ1) is 24.7. The Hall–Kier alpha value is -2.55. The van der Waals surface area contributed by atoms with Gasteiger partial charge in [0.15, 0.2) is 0 Å². The number of piperidine rings is 1. The maximum atomic E-state index is 12.8. The summed E-state index contributed by atoms with van der Waals surface area (Å²) >= 11 is 0. The first-order valence-electron chi connectivity index (χ1n) is 10.2. The number of nitrogens with zero attached hydrogens (tertiary/aromatic N) is 2. The second kappa shape index (κ2) is 10.7. The van der Waals surface area contributed by atoms with Gasteiger partial charge in [0, 0.05) is 25.2 Å². The number of hydrogen-bond acceptors (Lipinski definition) is 4. The summed E-state index contributed by atoms with van der Waals surface area (Å²) in [6.45, 7) is 7.71. The minimum atomic E-state index is -5.08. The molecule has 6 nitrogen and oxygen atoms in total. The second-order valence-corrected chi connectivity index (χ2v) is 7.81. The van der Waals surface area contributed by atoms with Crippen LogP contribution in [0.3, 0.4) is 0 Å². The van der Waals surface area contributed by atoms with Crippen LogP contribution in [0.4, 0.5) is 13.2 Å². The molecule has 1 spiro atoms. The van der Waals surface area contributed by atoms with Crippen LogP contribution in [0.15, 0.2) is 36.9 Å². The second-order valence-electron chi connectivity index (χ2n) is 7.81. The Kier molecular flexibility index (Phi) is 8.50. The SMILES string of the molecule is C=CCN1CCCC12CCCN(C(=O)Cc1ccc(OC)cc1)C2.O=C(O)C(F)(F)F. The number of likely N-dealkylation sites (tertiary alicyclic amines) is 2. The maximum Gasteiger partial charge on any atom is 0.490 e. The van der Waals surface area contributed by atoms with Crippen LogP contribution >= 0.6 is 0 Å². The predicted molar refractivity (Wildman–Crippen MR) is 110 cm³/mol. The molecular formula is C22H29F3N2O4. The largest absolute Gasteiger partial charge is 0.497 e. The number of aliphatic carboxylic acids is 1. The number of ether oxygens (including phenoxy) is 1. The molecule has 2 fully saturated rings. The van der Waals surface area contributed by atoms with Gasteiger partial charge in [-0.2, -0.15) is 13.2 Å². The Labute approximate surface area is 180 Å². The van der Waals surface area contributed by atoms with Gasteiger partial charge >= 0.3 is 12.1 Å². The van der Waals surface area contributed by atoms with Crippen molar-refractivity contribution in [3.8, 4) is 5.75 Å². The van der Waals surface area contributed by atoms with E-state index in [1.807, 2.05) is 30.3 Å². The standard InChI is InChI=1S/C20H28N2O2.C2HF3O2/c1-3-12-22-14-5-11-20(22)10-4-13-21(16-20)19(23)15-17-6-8-18(24-2)9-7-17;3-2(4,5)1(6)7/h3,6-9H,1,4-5,10-16H2,2H3;(H,6,7). The van der Waals surface area contributed by atoms with Crippen molar-refractivity contribution in [2.45, 2.75) is 43.8 Å². The smallest absolute Gasteiger partial charge is 0.490 e. The third-order valence-electron chi connectivity index (χ3n) is 5.76. The molecular weight excluding hydrogens is 413 g/mol. The molecule has 2 aliphatic rings. The van der Waals surface area contributed by atoms with Crippen LogP contribution in [0.2, 0.25) is 0 Å². The molecule has 2 saturated heterocycles. The molecule has 1 atom stereocenters. The number of carbonyl (C=O) groups is 2. The van der Waals surface area contributed by atoms with E-state index in [0.717, 1.165) is 43.9 Å². The minimum absolute atomic E-state index is 0.183. The normalized spacial score (nSPS) is 21.4. The van der Waals surface area contributed by atoms with E-state index in [2.05, 4.69) is 16.4 Å². The summed E-state index contributed by atoms with van der Waals surface area (Å²) in [6.07, 6.45) is 2.11. The number of methoxy groups -OCH3 is 1. The number of benzene rings is 1. The molecule has 0 radical (unpaired) electrons. The van der Waals surface area contributed by atoms with Gasteiger partial charge in [-0.05, 0) is 49.9 Å². The predicted octanol–water partition coefficient (Wildman–Crippen LogP) is 3.51. The molecule has 0 aliphatic carbocycles. The van der Waals surface area contributed by atoms with Crippen LogP contribution in [-0.4, -0.2) is 71.8 Å². The van der Waals surface area contributed by atoms with Gasteiger partial charge in [-0.3, -0.25) is 9.69 Å². The summed E-state index contributed by atoms with van der Waals surface area (Å²) in [7, 11) is 1.66. The number of carbonyl (C=O) groups excluding carboxylic acids is 1. The summed E-state index contributed by atoms with van der Waals surface area (Å²) in [5.74, 6) is -1.69. The lowest BCUT2D eigenvalue weighted by molar-refractivity contribution is -0.192. The number of alkyl halides is 3. The highest BCUT2D eigenvalue weighted by Crippen LogP contribution is 2.37. The van der Waals surface area contributed by atoms with E-state index >= 15 is 0 Å². The molecule has 1 N–H and O–H groups in total. The molecule has 1 aromatic carbocycles. The summed E-state index contributed by atoms with van der Waals surface area (Å²) < 4.78 is 36.9. The Bertz CT molecular complexity index is 767. The van der Waals surface area contributed by atoms with Crippen molar-refractivity contribution in [1.29, 1.82) is 0 Å². The van der Waals surface area contributed by atoms with Crippen LogP contribution in [0.1, 0.15) is 31.2 Å². The zero-order valence-corrected chi connectivity index (χ0v) is 17.7. The Morgan fingerprint density at radius 3 is 2.29 bits per heavy atom. The van der Waals surface area contributed by atoms with Crippen LogP contribution in [0, 0.1) is 0 Å². The van der Waals surface area contributed by atoms with E-state index in [1.54, 1.807) is 7.11 Å². The summed E-state index contributed by atoms with van der Waals surface area (Å²) in [5.41, 5.74) is 1.23. The van der Waals surface area contributed by atoms with E-state index in [4.69, 9.17) is 14.6 Å². The van der Waals surface area contributed by atoms with E-state index in [9.17, 15) is 18.0 Å². The lowest BCUT2D eigenvalue weighted by atomic mass is 9.86. The monoisotopic (exact) mass is 442 g/mol. The van der Waals surface area contributed by atoms with Crippen LogP contribution < -0.4 is 4.74 Å². The number of halogens is 3. The summed E-state index contributed by atoms with van der Waals surface area (Å²) in [4.78, 5) is 26.3. The molecule has 1 aromatic rings. The van der Waals surface area contributed by atoms with Gasteiger partial charge in [0.05, 0.1) is 13.5 Å². The van der Waals surface area contributed by atoms with Gasteiger partial charge in [0.2, 0.25) is 5.91 Å². The Morgan fingerprint density at radius 1 is 1.19 bits per heavy atom. The molecule has 3 rings (SSSR count). The molecule has 0 saturated carbocycles. The van der Waals surface area contributed by atoms with Gasteiger partial charge in [-0.15, -0.1) is 6.58 Å². The molecule has 2 aliphatic heterocycles. The topological polar surface area (TPSA) is 70.1 Å². The van der Waals surface area contributed by atoms with Gasteiger partial charge in [-0.25, -0.2) is 4.79 Å². The first-order valence-corrected chi connectivity index (χ1v) is 10.2. The van der Waals surface area contributed by atoms with E-state index in [-0.39, 0.29) is 11.4 Å². The molecule has 0 aromatic heterocycles. The van der Waals surface area contributed by atoms with Crippen LogP contribution in [0.5, 0.6) is 5.75 Å². The first-order chi connectivity index (χ1) is 14.6. The lowest BCUT2D eigenvalue weighted by Gasteiger charge is -2.46. The number of amides is 1. The third-order valence-corrected chi connectivity index (χ3v) is 5.76. The Balaban J connectivity index is 0.000000423. The number of hydrogen-bond donors (Lipinski definition) is 1. The van der Waals surface area contributed by atoms with Crippen molar-refractivity contribution in [3.63, 3.8) is 0 Å². The van der Waals surface area contributed by atoms with Gasteiger partial charge in [-0.1, -0.05) is 18.2 Å². The molecule has 1 amide bonds. The van der Waals surface area contributed by atoms with Crippen molar-refractivity contribution in [3.05, 3.63) is 42.5 Å². The number of rotatable bonds is 5. The van der Waals surface area contributed by atoms with Crippen LogP contribution in [0.25, 0.3) is 0 Å². The molecule has 2 heterocycles. The fourth-order valence-electron chi connectivity index (χ4n) is 4.25. The fraction of sp³-hybridized carbons (Fsp3) is 0.545. The van der Waals surface area contributed by atoms with E-state index < -0.39 is 12.1 Å². The van der Waals surface area contributed by atoms with E-state index in [1.165, 1.54) is 19.3 Å². The zero-order valence-electron chi connectivity index (χ0n) is 17.7. The highest BCUT2D eigenvalue weighted by atomic mass is 19.4. The van der Waals surface area contributed by atoms with Crippen molar-refractivity contribution in [2.75, 3.05) is 33.3 Å². The molecule has 31 heavy (non-hydrogen) atoms. The van der Waals surface area contributed by atoms with Crippen molar-refractivity contribution in [1.82, 2.24) is 9.80 Å². The molecule has 9 heteroatoms. The minimum Gasteiger partial charge on any atom is -0.497 e. The van der Waals surface area contributed by atoms with Gasteiger partial charge in [0.25, 0.3) is 0 Å². The average molecular weight is 442 g/mol. The lowest BCUT2D eigenvalue weighted by Crippen LogP contribution is -2.57. The summed E-state index contributed by atoms with van der Waals surface area (Å²) in [6, 6.07) is 7.80.